The standard InChI is InChI=1S/C67H60BN3O/c1-41-35-42(48-23-18-24-51-50-22-15-17-26-62(50)72-64(48)51)27-33-55(41)71-57-34-30-44(66(5,6)7)36-53(57)68-54-39-52-49-21-14-16-25-56(49)69(46-19-12-11-13-20-46)58(52)40-59(54)70(47-31-28-43(29-32-47)65(2,3)4)60-37-45(67(8,9)10)38-61(71)63(60)68/h11-40H,1-10H3. The molecule has 0 saturated heterocycles. The number of hydrogen-bond acceptors (Lipinski definition) is 3. The van der Waals surface area contributed by atoms with Crippen LogP contribution in [0.4, 0.5) is 34.1 Å². The van der Waals surface area contributed by atoms with Crippen molar-refractivity contribution in [2.45, 2.75) is 85.5 Å². The number of hydrogen-bond donors (Lipinski definition) is 0. The molecule has 2 aliphatic heterocycles. The van der Waals surface area contributed by atoms with E-state index < -0.39 is 0 Å². The molecule has 9 aromatic carbocycles. The van der Waals surface area contributed by atoms with Crippen molar-refractivity contribution in [1.29, 1.82) is 0 Å². The highest BCUT2D eigenvalue weighted by atomic mass is 16.3. The van der Waals surface area contributed by atoms with Crippen molar-refractivity contribution in [1.82, 2.24) is 4.57 Å². The van der Waals surface area contributed by atoms with Crippen LogP contribution in [0.15, 0.2) is 186 Å². The molecule has 11 aromatic rings. The van der Waals surface area contributed by atoms with Gasteiger partial charge in [-0.3, -0.25) is 0 Å². The molecule has 0 aliphatic carbocycles. The Morgan fingerprint density at radius 2 is 1.03 bits per heavy atom. The average Bonchev–Trinajstić information content (AvgIpc) is 3.90. The van der Waals surface area contributed by atoms with Crippen LogP contribution in [0.2, 0.25) is 0 Å². The lowest BCUT2D eigenvalue weighted by atomic mass is 9.33. The molecule has 0 amide bonds. The van der Waals surface area contributed by atoms with Gasteiger partial charge in [0.1, 0.15) is 11.2 Å². The van der Waals surface area contributed by atoms with Gasteiger partial charge in [-0.05, 0) is 140 Å². The maximum Gasteiger partial charge on any atom is 0.252 e. The van der Waals surface area contributed by atoms with Crippen LogP contribution in [0.25, 0.3) is 60.6 Å². The van der Waals surface area contributed by atoms with Crippen LogP contribution in [0.1, 0.15) is 84.6 Å². The summed E-state index contributed by atoms with van der Waals surface area (Å²) in [5.74, 6) is 0. The molecular weight excluding hydrogens is 874 g/mol. The van der Waals surface area contributed by atoms with Crippen LogP contribution in [-0.2, 0) is 16.2 Å². The largest absolute Gasteiger partial charge is 0.455 e. The molecule has 0 unspecified atom stereocenters. The number of nitrogens with zero attached hydrogens (tertiary/aromatic N) is 3. The molecule has 5 heteroatoms. The van der Waals surface area contributed by atoms with Crippen molar-refractivity contribution in [2.24, 2.45) is 0 Å². The number of aryl methyl sites for hydroxylation is 1. The van der Waals surface area contributed by atoms with Gasteiger partial charge in [0.25, 0.3) is 6.71 Å². The second-order valence-electron chi connectivity index (χ2n) is 23.5. The highest BCUT2D eigenvalue weighted by Crippen LogP contribution is 2.49. The number of para-hydroxylation sites is 4. The van der Waals surface area contributed by atoms with E-state index >= 15 is 0 Å². The lowest BCUT2D eigenvalue weighted by molar-refractivity contribution is 0.590. The molecule has 0 radical (unpaired) electrons. The highest BCUT2D eigenvalue weighted by Gasteiger charge is 2.45. The van der Waals surface area contributed by atoms with E-state index in [1.54, 1.807) is 0 Å². The Morgan fingerprint density at radius 1 is 0.403 bits per heavy atom. The summed E-state index contributed by atoms with van der Waals surface area (Å²) in [5.41, 5.74) is 23.7. The molecule has 2 aromatic heterocycles. The molecule has 13 rings (SSSR count). The molecule has 4 nitrogen and oxygen atoms in total. The molecule has 0 spiro atoms. The van der Waals surface area contributed by atoms with Crippen molar-refractivity contribution in [3.8, 4) is 16.8 Å². The Bertz CT molecular complexity index is 4000. The Hall–Kier alpha value is -7.76. The van der Waals surface area contributed by atoms with Gasteiger partial charge in [0, 0.05) is 66.9 Å². The lowest BCUT2D eigenvalue weighted by Gasteiger charge is -2.45. The minimum Gasteiger partial charge on any atom is -0.455 e. The first-order valence-electron chi connectivity index (χ1n) is 25.7. The summed E-state index contributed by atoms with van der Waals surface area (Å²) in [6.45, 7) is 23.2. The minimum atomic E-state index is -0.154. The Morgan fingerprint density at radius 3 is 1.75 bits per heavy atom. The third-order valence-corrected chi connectivity index (χ3v) is 15.8. The summed E-state index contributed by atoms with van der Waals surface area (Å²) < 4.78 is 9.07. The summed E-state index contributed by atoms with van der Waals surface area (Å²) in [4.78, 5) is 5.19. The van der Waals surface area contributed by atoms with Gasteiger partial charge in [-0.15, -0.1) is 0 Å². The highest BCUT2D eigenvalue weighted by molar-refractivity contribution is 7.00. The molecule has 4 heterocycles. The summed E-state index contributed by atoms with van der Waals surface area (Å²) >= 11 is 0. The third-order valence-electron chi connectivity index (χ3n) is 15.8. The Kier molecular flexibility index (Phi) is 9.59. The lowest BCUT2D eigenvalue weighted by Crippen LogP contribution is -2.61. The zero-order valence-electron chi connectivity index (χ0n) is 43.1. The number of furan rings is 1. The third kappa shape index (κ3) is 6.73. The van der Waals surface area contributed by atoms with Crippen molar-refractivity contribution in [3.05, 3.63) is 204 Å². The molecule has 0 atom stereocenters. The molecular formula is C67H60BN3O. The maximum atomic E-state index is 6.60. The SMILES string of the molecule is Cc1cc(-c2cccc3c2oc2ccccc23)ccc1N1c2ccc(C(C)(C)C)cc2B2c3cc4c5ccccc5n(-c5ccccc5)c4cc3N(c3ccc(C(C)(C)C)cc3)c3cc(C(C)(C)C)cc1c32. The number of fused-ring (bicyclic) bond motifs is 10. The van der Waals surface area contributed by atoms with Crippen molar-refractivity contribution >= 4 is 101 Å². The minimum absolute atomic E-state index is 0.0124. The summed E-state index contributed by atoms with van der Waals surface area (Å²) in [5, 5.41) is 4.79. The molecule has 2 aliphatic rings. The van der Waals surface area contributed by atoms with E-state index in [-0.39, 0.29) is 23.0 Å². The van der Waals surface area contributed by atoms with E-state index in [9.17, 15) is 0 Å². The number of benzene rings is 9. The van der Waals surface area contributed by atoms with E-state index in [1.165, 1.54) is 88.9 Å². The van der Waals surface area contributed by atoms with E-state index in [4.69, 9.17) is 4.42 Å². The number of aromatic nitrogens is 1. The van der Waals surface area contributed by atoms with Gasteiger partial charge >= 0.3 is 0 Å². The van der Waals surface area contributed by atoms with Crippen LogP contribution in [0.3, 0.4) is 0 Å². The van der Waals surface area contributed by atoms with Crippen molar-refractivity contribution in [2.75, 3.05) is 9.80 Å². The van der Waals surface area contributed by atoms with E-state index in [1.807, 2.05) is 6.07 Å². The van der Waals surface area contributed by atoms with Gasteiger partial charge in [-0.25, -0.2) is 0 Å². The fourth-order valence-electron chi connectivity index (χ4n) is 11.9. The zero-order valence-corrected chi connectivity index (χ0v) is 43.1. The molecule has 352 valence electrons. The van der Waals surface area contributed by atoms with Crippen LogP contribution >= 0.6 is 0 Å². The van der Waals surface area contributed by atoms with Crippen molar-refractivity contribution < 1.29 is 4.42 Å². The molecule has 72 heavy (non-hydrogen) atoms. The van der Waals surface area contributed by atoms with Crippen LogP contribution in [0, 0.1) is 6.92 Å². The van der Waals surface area contributed by atoms with Gasteiger partial charge in [0.15, 0.2) is 0 Å². The second-order valence-corrected chi connectivity index (χ2v) is 23.5. The van der Waals surface area contributed by atoms with Crippen LogP contribution in [0.5, 0.6) is 0 Å². The Balaban J connectivity index is 1.12. The molecule has 0 fully saturated rings. The van der Waals surface area contributed by atoms with Gasteiger partial charge in [-0.1, -0.05) is 172 Å². The molecule has 0 saturated carbocycles. The maximum absolute atomic E-state index is 6.60. The quantitative estimate of drug-likeness (QED) is 0.164. The summed E-state index contributed by atoms with van der Waals surface area (Å²) in [6.07, 6.45) is 0. The van der Waals surface area contributed by atoms with Crippen LogP contribution < -0.4 is 26.2 Å². The van der Waals surface area contributed by atoms with Gasteiger partial charge in [0.2, 0.25) is 0 Å². The predicted octanol–water partition coefficient (Wildman–Crippen LogP) is 16.6. The van der Waals surface area contributed by atoms with E-state index in [0.29, 0.717) is 0 Å². The van der Waals surface area contributed by atoms with Crippen LogP contribution in [-0.4, -0.2) is 11.3 Å². The Labute approximate surface area is 424 Å². The van der Waals surface area contributed by atoms with E-state index in [0.717, 1.165) is 44.4 Å². The zero-order chi connectivity index (χ0) is 49.6. The monoisotopic (exact) mass is 933 g/mol. The first-order valence-corrected chi connectivity index (χ1v) is 25.7. The number of anilines is 6. The fourth-order valence-corrected chi connectivity index (χ4v) is 11.9. The van der Waals surface area contributed by atoms with E-state index in [2.05, 4.69) is 260 Å². The topological polar surface area (TPSA) is 24.6 Å². The average molecular weight is 934 g/mol. The summed E-state index contributed by atoms with van der Waals surface area (Å²) in [7, 11) is 0. The van der Waals surface area contributed by atoms with Gasteiger partial charge < -0.3 is 18.8 Å². The van der Waals surface area contributed by atoms with Gasteiger partial charge in [-0.2, -0.15) is 0 Å². The van der Waals surface area contributed by atoms with Crippen molar-refractivity contribution in [3.63, 3.8) is 0 Å². The second kappa shape index (κ2) is 15.6. The first-order chi connectivity index (χ1) is 34.5. The predicted molar refractivity (Wildman–Crippen MR) is 308 cm³/mol. The summed E-state index contributed by atoms with van der Waals surface area (Å²) in [6, 6.07) is 68.6. The molecule has 0 N–H and O–H groups in total. The molecule has 0 bridgehead atoms. The number of rotatable bonds is 4. The first kappa shape index (κ1) is 44.2. The fraction of sp³-hybridized carbons (Fsp3) is 0.194. The smallest absolute Gasteiger partial charge is 0.252 e. The normalized spacial score (nSPS) is 13.6. The van der Waals surface area contributed by atoms with Gasteiger partial charge in [0.05, 0.1) is 11.0 Å².